The van der Waals surface area contributed by atoms with Crippen LogP contribution < -0.4 is 5.32 Å². The lowest BCUT2D eigenvalue weighted by molar-refractivity contribution is -0.120. The standard InChI is InChI=1S/C22H26N2O/c1-3-5-7-10-18(4-2)16-24-22(25)15-19-13-14-21(23-17-19)20-11-8-6-9-12-20/h3-6,8-9,11-14,17H,7,10,15-16H2,1-2H3,(H,24,25)/b5-3+,18-4+. The molecule has 1 N–H and O–H groups in total. The minimum atomic E-state index is 0.0274. The fraction of sp³-hybridized carbons (Fsp3) is 0.273. The normalized spacial score (nSPS) is 11.7. The topological polar surface area (TPSA) is 42.0 Å². The molecule has 3 nitrogen and oxygen atoms in total. The number of rotatable bonds is 8. The summed E-state index contributed by atoms with van der Waals surface area (Å²) in [6.07, 6.45) is 10.4. The van der Waals surface area contributed by atoms with E-state index in [2.05, 4.69) is 28.5 Å². The van der Waals surface area contributed by atoms with Gasteiger partial charge < -0.3 is 5.32 Å². The van der Waals surface area contributed by atoms with Gasteiger partial charge in [-0.2, -0.15) is 0 Å². The van der Waals surface area contributed by atoms with Gasteiger partial charge in [-0.15, -0.1) is 0 Å². The van der Waals surface area contributed by atoms with Crippen molar-refractivity contribution >= 4 is 5.91 Å². The maximum atomic E-state index is 12.1. The summed E-state index contributed by atoms with van der Waals surface area (Å²) in [5.74, 6) is 0.0274. The summed E-state index contributed by atoms with van der Waals surface area (Å²) in [5, 5.41) is 3.00. The average molecular weight is 334 g/mol. The minimum Gasteiger partial charge on any atom is -0.352 e. The lowest BCUT2D eigenvalue weighted by Gasteiger charge is -2.09. The van der Waals surface area contributed by atoms with Gasteiger partial charge in [-0.05, 0) is 38.3 Å². The second kappa shape index (κ2) is 10.2. The van der Waals surface area contributed by atoms with E-state index in [4.69, 9.17) is 0 Å². The fourth-order valence-electron chi connectivity index (χ4n) is 2.54. The summed E-state index contributed by atoms with van der Waals surface area (Å²) < 4.78 is 0. The first-order valence-corrected chi connectivity index (χ1v) is 8.75. The summed E-state index contributed by atoms with van der Waals surface area (Å²) in [7, 11) is 0. The lowest BCUT2D eigenvalue weighted by atomic mass is 10.1. The van der Waals surface area contributed by atoms with Crippen LogP contribution in [0, 0.1) is 0 Å². The Labute approximate surface area is 150 Å². The largest absolute Gasteiger partial charge is 0.352 e. The van der Waals surface area contributed by atoms with Gasteiger partial charge in [0.1, 0.15) is 0 Å². The van der Waals surface area contributed by atoms with Crippen LogP contribution in [0.1, 0.15) is 32.3 Å². The second-order valence-electron chi connectivity index (χ2n) is 5.93. The summed E-state index contributed by atoms with van der Waals surface area (Å²) in [4.78, 5) is 16.6. The van der Waals surface area contributed by atoms with Gasteiger partial charge in [0, 0.05) is 18.3 Å². The number of benzene rings is 1. The van der Waals surface area contributed by atoms with E-state index in [1.165, 1.54) is 5.57 Å². The van der Waals surface area contributed by atoms with Gasteiger partial charge in [-0.1, -0.05) is 60.2 Å². The van der Waals surface area contributed by atoms with Crippen molar-refractivity contribution in [3.63, 3.8) is 0 Å². The van der Waals surface area contributed by atoms with E-state index in [9.17, 15) is 4.79 Å². The van der Waals surface area contributed by atoms with Crippen molar-refractivity contribution in [2.45, 2.75) is 33.1 Å². The summed E-state index contributed by atoms with van der Waals surface area (Å²) in [5.41, 5.74) is 4.18. The van der Waals surface area contributed by atoms with E-state index < -0.39 is 0 Å². The van der Waals surface area contributed by atoms with Gasteiger partial charge in [0.05, 0.1) is 12.1 Å². The Kier molecular flexibility index (Phi) is 7.64. The van der Waals surface area contributed by atoms with Crippen molar-refractivity contribution in [3.05, 3.63) is 78.0 Å². The molecule has 0 aliphatic carbocycles. The van der Waals surface area contributed by atoms with Crippen molar-refractivity contribution in [2.75, 3.05) is 6.54 Å². The van der Waals surface area contributed by atoms with E-state index >= 15 is 0 Å². The molecule has 0 aliphatic heterocycles. The van der Waals surface area contributed by atoms with Gasteiger partial charge in [0.15, 0.2) is 0 Å². The Morgan fingerprint density at radius 3 is 2.56 bits per heavy atom. The molecule has 0 bridgehead atoms. The Balaban J connectivity index is 1.84. The number of pyridine rings is 1. The number of nitrogens with one attached hydrogen (secondary N) is 1. The molecule has 3 heteroatoms. The molecule has 0 spiro atoms. The van der Waals surface area contributed by atoms with Crippen LogP contribution in [0.2, 0.25) is 0 Å². The van der Waals surface area contributed by atoms with Gasteiger partial charge in [0.25, 0.3) is 0 Å². The quantitative estimate of drug-likeness (QED) is 0.710. The Bertz CT molecular complexity index is 715. The second-order valence-corrected chi connectivity index (χ2v) is 5.93. The lowest BCUT2D eigenvalue weighted by Crippen LogP contribution is -2.27. The highest BCUT2D eigenvalue weighted by Gasteiger charge is 2.06. The molecule has 25 heavy (non-hydrogen) atoms. The molecule has 1 amide bonds. The van der Waals surface area contributed by atoms with Gasteiger partial charge >= 0.3 is 0 Å². The molecule has 0 aliphatic rings. The maximum Gasteiger partial charge on any atom is 0.224 e. The number of aromatic nitrogens is 1. The molecule has 2 aromatic rings. The molecule has 1 aromatic heterocycles. The number of nitrogens with zero attached hydrogens (tertiary/aromatic N) is 1. The zero-order chi connectivity index (χ0) is 17.9. The van der Waals surface area contributed by atoms with Crippen LogP contribution in [0.3, 0.4) is 0 Å². The van der Waals surface area contributed by atoms with Crippen LogP contribution in [0.25, 0.3) is 11.3 Å². The Hall–Kier alpha value is -2.68. The van der Waals surface area contributed by atoms with Crippen LogP contribution in [0.5, 0.6) is 0 Å². The average Bonchev–Trinajstić information content (AvgIpc) is 2.66. The number of hydrogen-bond acceptors (Lipinski definition) is 2. The highest BCUT2D eigenvalue weighted by atomic mass is 16.1. The van der Waals surface area contributed by atoms with Gasteiger partial charge in [-0.25, -0.2) is 0 Å². The Morgan fingerprint density at radius 1 is 1.12 bits per heavy atom. The van der Waals surface area contributed by atoms with Crippen LogP contribution in [0.4, 0.5) is 0 Å². The SMILES string of the molecule is C/C=C/CC/C(=C\C)CNC(=O)Cc1ccc(-c2ccccc2)nc1. The van der Waals surface area contributed by atoms with E-state index in [0.29, 0.717) is 13.0 Å². The molecule has 0 radical (unpaired) electrons. The molecule has 0 unspecified atom stereocenters. The molecule has 0 fully saturated rings. The predicted octanol–water partition coefficient (Wildman–Crippen LogP) is 4.71. The number of carbonyl (C=O) groups excluding carboxylic acids is 1. The molecule has 2 rings (SSSR count). The van der Waals surface area contributed by atoms with E-state index in [0.717, 1.165) is 29.7 Å². The molecule has 130 valence electrons. The third-order valence-electron chi connectivity index (χ3n) is 4.05. The van der Waals surface area contributed by atoms with Gasteiger partial charge in [0.2, 0.25) is 5.91 Å². The zero-order valence-corrected chi connectivity index (χ0v) is 15.0. The van der Waals surface area contributed by atoms with E-state index in [1.54, 1.807) is 6.20 Å². The molecule has 0 atom stereocenters. The van der Waals surface area contributed by atoms with Gasteiger partial charge in [-0.3, -0.25) is 9.78 Å². The van der Waals surface area contributed by atoms with Crippen molar-refractivity contribution in [1.82, 2.24) is 10.3 Å². The van der Waals surface area contributed by atoms with Crippen molar-refractivity contribution in [3.8, 4) is 11.3 Å². The molecular formula is C22H26N2O. The smallest absolute Gasteiger partial charge is 0.224 e. The first-order chi connectivity index (χ1) is 12.2. The third kappa shape index (κ3) is 6.38. The molecule has 1 heterocycles. The first kappa shape index (κ1) is 18.7. The monoisotopic (exact) mass is 334 g/mol. The maximum absolute atomic E-state index is 12.1. The Morgan fingerprint density at radius 2 is 1.92 bits per heavy atom. The molecular weight excluding hydrogens is 308 g/mol. The predicted molar refractivity (Wildman–Crippen MR) is 104 cm³/mol. The molecule has 1 aromatic carbocycles. The minimum absolute atomic E-state index is 0.0274. The van der Waals surface area contributed by atoms with Crippen molar-refractivity contribution in [2.24, 2.45) is 0 Å². The number of hydrogen-bond donors (Lipinski definition) is 1. The van der Waals surface area contributed by atoms with Crippen LogP contribution in [-0.4, -0.2) is 17.4 Å². The number of carbonyl (C=O) groups is 1. The summed E-state index contributed by atoms with van der Waals surface area (Å²) >= 11 is 0. The van der Waals surface area contributed by atoms with Crippen LogP contribution >= 0.6 is 0 Å². The van der Waals surface area contributed by atoms with Crippen LogP contribution in [0.15, 0.2) is 72.5 Å². The fourth-order valence-corrected chi connectivity index (χ4v) is 2.54. The van der Waals surface area contributed by atoms with Crippen LogP contribution in [-0.2, 0) is 11.2 Å². The highest BCUT2D eigenvalue weighted by molar-refractivity contribution is 5.78. The first-order valence-electron chi connectivity index (χ1n) is 8.75. The summed E-state index contributed by atoms with van der Waals surface area (Å²) in [6, 6.07) is 14.0. The number of amides is 1. The van der Waals surface area contributed by atoms with E-state index in [-0.39, 0.29) is 5.91 Å². The number of allylic oxidation sites excluding steroid dienone is 3. The van der Waals surface area contributed by atoms with Crippen molar-refractivity contribution < 1.29 is 4.79 Å². The highest BCUT2D eigenvalue weighted by Crippen LogP contribution is 2.16. The zero-order valence-electron chi connectivity index (χ0n) is 15.0. The van der Waals surface area contributed by atoms with Crippen molar-refractivity contribution in [1.29, 1.82) is 0 Å². The third-order valence-corrected chi connectivity index (χ3v) is 4.05. The van der Waals surface area contributed by atoms with E-state index in [1.807, 2.05) is 56.3 Å². The molecule has 0 saturated heterocycles. The summed E-state index contributed by atoms with van der Waals surface area (Å²) in [6.45, 7) is 4.65. The molecule has 0 saturated carbocycles.